The Bertz CT molecular complexity index is 1840. The van der Waals surface area contributed by atoms with Crippen molar-refractivity contribution in [2.75, 3.05) is 0 Å². The normalized spacial score (nSPS) is 13.9. The minimum absolute atomic E-state index is 0.464. The molecule has 200 valence electrons. The van der Waals surface area contributed by atoms with Gasteiger partial charge in [0, 0.05) is 24.2 Å². The Balaban J connectivity index is 1.36. The molecule has 7 rings (SSSR count). The minimum atomic E-state index is -0.464. The average Bonchev–Trinajstić information content (AvgIpc) is 3.10. The van der Waals surface area contributed by atoms with Gasteiger partial charge in [0.05, 0.1) is 22.5 Å². The Labute approximate surface area is 246 Å². The van der Waals surface area contributed by atoms with Gasteiger partial charge in [0.2, 0.25) is 0 Å². The Kier molecular flexibility index (Phi) is 6.83. The van der Waals surface area contributed by atoms with Crippen molar-refractivity contribution in [3.63, 3.8) is 0 Å². The highest BCUT2D eigenvalue weighted by atomic mass is 14.8. The van der Waals surface area contributed by atoms with Crippen LogP contribution in [-0.2, 0) is 5.41 Å². The number of hydrogen-bond donors (Lipinski definition) is 0. The van der Waals surface area contributed by atoms with Crippen LogP contribution in [0.3, 0.4) is 0 Å². The molecule has 3 heterocycles. The Morgan fingerprint density at radius 2 is 1.02 bits per heavy atom. The van der Waals surface area contributed by atoms with Crippen molar-refractivity contribution >= 4 is 5.57 Å². The molecule has 0 N–H and O–H groups in total. The molecule has 0 bridgehead atoms. The molecule has 1 aliphatic rings. The number of hydrogen-bond acceptors (Lipinski definition) is 3. The highest BCUT2D eigenvalue weighted by molar-refractivity contribution is 5.83. The first-order chi connectivity index (χ1) is 20.8. The summed E-state index contributed by atoms with van der Waals surface area (Å²) in [7, 11) is 0. The molecule has 0 fully saturated rings. The number of pyridine rings is 3. The predicted molar refractivity (Wildman–Crippen MR) is 172 cm³/mol. The van der Waals surface area contributed by atoms with Crippen molar-refractivity contribution in [2.45, 2.75) is 11.8 Å². The van der Waals surface area contributed by atoms with E-state index in [1.54, 1.807) is 0 Å². The van der Waals surface area contributed by atoms with Gasteiger partial charge in [-0.2, -0.15) is 0 Å². The fourth-order valence-electron chi connectivity index (χ4n) is 5.85. The Hall–Kier alpha value is -5.41. The molecule has 3 nitrogen and oxygen atoms in total. The van der Waals surface area contributed by atoms with Crippen molar-refractivity contribution in [3.8, 4) is 33.5 Å². The van der Waals surface area contributed by atoms with E-state index in [4.69, 9.17) is 9.97 Å². The summed E-state index contributed by atoms with van der Waals surface area (Å²) >= 11 is 0. The van der Waals surface area contributed by atoms with Crippen LogP contribution in [0.4, 0.5) is 0 Å². The summed E-state index contributed by atoms with van der Waals surface area (Å²) in [5, 5.41) is 0. The van der Waals surface area contributed by atoms with Gasteiger partial charge in [-0.15, -0.1) is 0 Å². The summed E-state index contributed by atoms with van der Waals surface area (Å²) in [6.45, 7) is 0. The fourth-order valence-corrected chi connectivity index (χ4v) is 5.85. The summed E-state index contributed by atoms with van der Waals surface area (Å²) in [4.78, 5) is 14.2. The molecule has 0 unspecified atom stereocenters. The van der Waals surface area contributed by atoms with Crippen LogP contribution in [0.1, 0.15) is 23.4 Å². The number of benzene rings is 3. The van der Waals surface area contributed by atoms with E-state index in [-0.39, 0.29) is 0 Å². The van der Waals surface area contributed by atoms with Gasteiger partial charge in [-0.05, 0) is 100 Å². The van der Waals surface area contributed by atoms with E-state index in [1.165, 1.54) is 27.8 Å². The first kappa shape index (κ1) is 25.6. The molecular weight excluding hydrogens is 510 g/mol. The molecule has 0 spiro atoms. The molecule has 42 heavy (non-hydrogen) atoms. The largest absolute Gasteiger partial charge is 0.260 e. The maximum absolute atomic E-state index is 4.82. The molecule has 3 aromatic carbocycles. The molecule has 0 saturated carbocycles. The first-order valence-corrected chi connectivity index (χ1v) is 14.2. The van der Waals surface area contributed by atoms with Gasteiger partial charge in [0.25, 0.3) is 0 Å². The topological polar surface area (TPSA) is 38.7 Å². The lowest BCUT2D eigenvalue weighted by molar-refractivity contribution is 0.612. The summed E-state index contributed by atoms with van der Waals surface area (Å²) < 4.78 is 0. The van der Waals surface area contributed by atoms with Crippen LogP contribution in [0, 0.1) is 0 Å². The first-order valence-electron chi connectivity index (χ1n) is 14.2. The molecule has 0 amide bonds. The number of nitrogens with zero attached hydrogens (tertiary/aromatic N) is 3. The third kappa shape index (κ3) is 4.97. The van der Waals surface area contributed by atoms with Gasteiger partial charge >= 0.3 is 0 Å². The van der Waals surface area contributed by atoms with Crippen LogP contribution in [-0.4, -0.2) is 15.0 Å². The maximum atomic E-state index is 4.82. The van der Waals surface area contributed by atoms with Gasteiger partial charge < -0.3 is 0 Å². The van der Waals surface area contributed by atoms with Crippen LogP contribution >= 0.6 is 0 Å². The lowest BCUT2D eigenvalue weighted by Gasteiger charge is -2.33. The minimum Gasteiger partial charge on any atom is -0.260 e. The molecule has 0 atom stereocenters. The van der Waals surface area contributed by atoms with Crippen molar-refractivity contribution in [3.05, 3.63) is 181 Å². The maximum Gasteiger partial charge on any atom is 0.0770 e. The van der Waals surface area contributed by atoms with E-state index < -0.39 is 5.41 Å². The second kappa shape index (κ2) is 11.2. The summed E-state index contributed by atoms with van der Waals surface area (Å²) in [5.41, 5.74) is 10.7. The lowest BCUT2D eigenvalue weighted by atomic mass is 9.71. The molecule has 6 aromatic rings. The van der Waals surface area contributed by atoms with Crippen molar-refractivity contribution in [1.29, 1.82) is 0 Å². The molecule has 3 aromatic heterocycles. The van der Waals surface area contributed by atoms with Crippen LogP contribution in [0.5, 0.6) is 0 Å². The predicted octanol–water partition coefficient (Wildman–Crippen LogP) is 9.20. The molecule has 0 aliphatic heterocycles. The lowest BCUT2D eigenvalue weighted by Crippen LogP contribution is -2.29. The van der Waals surface area contributed by atoms with Crippen molar-refractivity contribution in [2.24, 2.45) is 0 Å². The van der Waals surface area contributed by atoms with E-state index in [9.17, 15) is 0 Å². The average molecular weight is 540 g/mol. The van der Waals surface area contributed by atoms with Crippen LogP contribution in [0.2, 0.25) is 0 Å². The fraction of sp³-hybridized carbons (Fsp3) is 0.0513. The number of rotatable bonds is 6. The molecule has 1 aliphatic carbocycles. The highest BCUT2D eigenvalue weighted by Crippen LogP contribution is 2.44. The van der Waals surface area contributed by atoms with Gasteiger partial charge in [0.1, 0.15) is 0 Å². The van der Waals surface area contributed by atoms with Crippen LogP contribution in [0.25, 0.3) is 39.1 Å². The Morgan fingerprint density at radius 1 is 0.452 bits per heavy atom. The van der Waals surface area contributed by atoms with Crippen molar-refractivity contribution in [1.82, 2.24) is 15.0 Å². The number of aromatic nitrogens is 3. The summed E-state index contributed by atoms with van der Waals surface area (Å²) in [5.74, 6) is 0. The quantitative estimate of drug-likeness (QED) is 0.212. The molecular formula is C39H29N3. The zero-order valence-electron chi connectivity index (χ0n) is 23.1. The van der Waals surface area contributed by atoms with Gasteiger partial charge in [-0.1, -0.05) is 85.0 Å². The number of allylic oxidation sites excluding steroid dienone is 4. The highest BCUT2D eigenvalue weighted by Gasteiger charge is 2.37. The van der Waals surface area contributed by atoms with Crippen molar-refractivity contribution < 1.29 is 0 Å². The summed E-state index contributed by atoms with van der Waals surface area (Å²) in [6.07, 6.45) is 13.0. The van der Waals surface area contributed by atoms with Gasteiger partial charge in [-0.25, -0.2) is 0 Å². The van der Waals surface area contributed by atoms with E-state index in [0.717, 1.165) is 34.6 Å². The standard InChI is InChI=1S/C39H29N3/c1-2-12-29(13-3-1)33-25-34(30-14-10-15-31(24-30)36-17-4-7-21-40-36)27-35(26-33)32-16-11-20-39(28-32,37-18-5-8-22-41-37)38-19-6-9-23-42-38/h1-27H,28H2. The van der Waals surface area contributed by atoms with Crippen LogP contribution in [0.15, 0.2) is 164 Å². The third-order valence-electron chi connectivity index (χ3n) is 7.96. The Morgan fingerprint density at radius 3 is 1.69 bits per heavy atom. The summed E-state index contributed by atoms with van der Waals surface area (Å²) in [6, 6.07) is 44.5. The zero-order valence-corrected chi connectivity index (χ0v) is 23.1. The van der Waals surface area contributed by atoms with Gasteiger partial charge in [-0.3, -0.25) is 15.0 Å². The van der Waals surface area contributed by atoms with E-state index >= 15 is 0 Å². The van der Waals surface area contributed by atoms with E-state index in [0.29, 0.717) is 0 Å². The van der Waals surface area contributed by atoms with Crippen LogP contribution < -0.4 is 0 Å². The zero-order chi connectivity index (χ0) is 28.2. The van der Waals surface area contributed by atoms with E-state index in [1.807, 2.05) is 42.9 Å². The van der Waals surface area contributed by atoms with Gasteiger partial charge in [0.15, 0.2) is 0 Å². The molecule has 0 radical (unpaired) electrons. The third-order valence-corrected chi connectivity index (χ3v) is 7.96. The second-order valence-electron chi connectivity index (χ2n) is 10.6. The van der Waals surface area contributed by atoms with E-state index in [2.05, 4.69) is 126 Å². The molecule has 0 saturated heterocycles. The smallest absolute Gasteiger partial charge is 0.0770 e. The second-order valence-corrected chi connectivity index (χ2v) is 10.6. The molecule has 3 heteroatoms. The SMILES string of the molecule is C1=CC(c2ccccn2)(c2ccccn2)CC(c2cc(-c3ccccc3)cc(-c3cccc(-c4ccccn4)c3)c2)=C1. The monoisotopic (exact) mass is 539 g/mol.